The molecule has 1 saturated carbocycles. The summed E-state index contributed by atoms with van der Waals surface area (Å²) in [5.74, 6) is 0.224. The quantitative estimate of drug-likeness (QED) is 0.666. The average molecular weight is 200 g/mol. The lowest BCUT2D eigenvalue weighted by atomic mass is 9.89. The second-order valence-electron chi connectivity index (χ2n) is 4.04. The lowest BCUT2D eigenvalue weighted by molar-refractivity contribution is -0.144. The van der Waals surface area contributed by atoms with Crippen molar-refractivity contribution in [3.8, 4) is 0 Å². The molecule has 1 aliphatic carbocycles. The normalized spacial score (nSPS) is 20.2. The second kappa shape index (κ2) is 4.78. The smallest absolute Gasteiger partial charge is 0.305 e. The summed E-state index contributed by atoms with van der Waals surface area (Å²) in [6, 6.07) is 0. The number of esters is 1. The van der Waals surface area contributed by atoms with Crippen molar-refractivity contribution in [1.29, 1.82) is 0 Å². The number of hydrogen-bond acceptors (Lipinski definition) is 3. The maximum Gasteiger partial charge on any atom is 0.305 e. The van der Waals surface area contributed by atoms with Gasteiger partial charge in [0, 0.05) is 6.42 Å². The van der Waals surface area contributed by atoms with Gasteiger partial charge in [0.1, 0.15) is 0 Å². The van der Waals surface area contributed by atoms with Gasteiger partial charge in [-0.25, -0.2) is 0 Å². The number of carbonyl (C=O) groups excluding carboxylic acids is 1. The highest BCUT2D eigenvalue weighted by atomic mass is 16.5. The van der Waals surface area contributed by atoms with Crippen LogP contribution in [0, 0.1) is 5.92 Å². The standard InChI is InChI=1S/C11H20O3/c1-3-11(13,9-5-6-9)8-7-10(12)14-4-2/h9,13H,3-8H2,1-2H3. The zero-order valence-corrected chi connectivity index (χ0v) is 9.08. The molecule has 3 heteroatoms. The van der Waals surface area contributed by atoms with Crippen LogP contribution in [0.1, 0.15) is 46.0 Å². The molecule has 0 heterocycles. The predicted molar refractivity (Wildman–Crippen MR) is 53.8 cm³/mol. The molecule has 0 amide bonds. The van der Waals surface area contributed by atoms with Gasteiger partial charge in [-0.3, -0.25) is 4.79 Å². The average Bonchev–Trinajstić information content (AvgIpc) is 2.98. The minimum Gasteiger partial charge on any atom is -0.466 e. The molecule has 1 N–H and O–H groups in total. The summed E-state index contributed by atoms with van der Waals surface area (Å²) in [5.41, 5.74) is -0.618. The maximum absolute atomic E-state index is 11.1. The van der Waals surface area contributed by atoms with Crippen molar-refractivity contribution in [1.82, 2.24) is 0 Å². The number of hydrogen-bond donors (Lipinski definition) is 1. The first kappa shape index (κ1) is 11.5. The van der Waals surface area contributed by atoms with Gasteiger partial charge in [0.2, 0.25) is 0 Å². The number of rotatable bonds is 6. The molecule has 0 saturated heterocycles. The summed E-state index contributed by atoms with van der Waals surface area (Å²) in [4.78, 5) is 11.1. The van der Waals surface area contributed by atoms with Crippen LogP contribution in [0.25, 0.3) is 0 Å². The Kier molecular flexibility index (Phi) is 3.93. The van der Waals surface area contributed by atoms with Gasteiger partial charge in [-0.1, -0.05) is 6.92 Å². The number of ether oxygens (including phenoxy) is 1. The first-order valence-corrected chi connectivity index (χ1v) is 5.50. The summed E-state index contributed by atoms with van der Waals surface area (Å²) in [6.07, 6.45) is 3.83. The van der Waals surface area contributed by atoms with E-state index in [0.29, 0.717) is 25.4 Å². The van der Waals surface area contributed by atoms with Gasteiger partial charge in [0.25, 0.3) is 0 Å². The fraction of sp³-hybridized carbons (Fsp3) is 0.909. The van der Waals surface area contributed by atoms with Crippen LogP contribution < -0.4 is 0 Å². The van der Waals surface area contributed by atoms with Crippen LogP contribution >= 0.6 is 0 Å². The van der Waals surface area contributed by atoms with E-state index in [0.717, 1.165) is 19.3 Å². The Labute approximate surface area is 85.5 Å². The molecular weight excluding hydrogens is 180 g/mol. The molecule has 1 atom stereocenters. The summed E-state index contributed by atoms with van der Waals surface area (Å²) < 4.78 is 4.83. The molecule has 14 heavy (non-hydrogen) atoms. The van der Waals surface area contributed by atoms with Gasteiger partial charge in [-0.15, -0.1) is 0 Å². The van der Waals surface area contributed by atoms with Crippen molar-refractivity contribution >= 4 is 5.97 Å². The van der Waals surface area contributed by atoms with E-state index in [9.17, 15) is 9.90 Å². The zero-order valence-electron chi connectivity index (χ0n) is 9.08. The molecule has 0 aromatic rings. The van der Waals surface area contributed by atoms with Gasteiger partial charge in [-0.05, 0) is 38.5 Å². The largest absolute Gasteiger partial charge is 0.466 e. The monoisotopic (exact) mass is 200 g/mol. The fourth-order valence-electron chi connectivity index (χ4n) is 1.84. The van der Waals surface area contributed by atoms with Gasteiger partial charge in [0.05, 0.1) is 12.2 Å². The van der Waals surface area contributed by atoms with Crippen LogP contribution in [0.2, 0.25) is 0 Å². The molecule has 3 nitrogen and oxygen atoms in total. The van der Waals surface area contributed by atoms with Crippen molar-refractivity contribution in [3.05, 3.63) is 0 Å². The SMILES string of the molecule is CCOC(=O)CCC(O)(CC)C1CC1. The highest BCUT2D eigenvalue weighted by Gasteiger charge is 2.42. The van der Waals surface area contributed by atoms with E-state index in [2.05, 4.69) is 0 Å². The van der Waals surface area contributed by atoms with Crippen LogP contribution in [0.4, 0.5) is 0 Å². The Hall–Kier alpha value is -0.570. The van der Waals surface area contributed by atoms with Crippen molar-refractivity contribution in [3.63, 3.8) is 0 Å². The van der Waals surface area contributed by atoms with Crippen molar-refractivity contribution in [2.75, 3.05) is 6.61 Å². The molecule has 82 valence electrons. The molecule has 0 bridgehead atoms. The van der Waals surface area contributed by atoms with Crippen LogP contribution in [-0.4, -0.2) is 23.3 Å². The lowest BCUT2D eigenvalue weighted by Crippen LogP contribution is -2.31. The van der Waals surface area contributed by atoms with Crippen molar-refractivity contribution in [2.45, 2.75) is 51.6 Å². The lowest BCUT2D eigenvalue weighted by Gasteiger charge is -2.26. The summed E-state index contributed by atoms with van der Waals surface area (Å²) in [5, 5.41) is 10.2. The first-order valence-electron chi connectivity index (χ1n) is 5.50. The van der Waals surface area contributed by atoms with E-state index in [1.54, 1.807) is 6.92 Å². The molecular formula is C11H20O3. The Morgan fingerprint density at radius 3 is 2.57 bits per heavy atom. The molecule has 1 rings (SSSR count). The molecule has 1 unspecified atom stereocenters. The molecule has 0 aliphatic heterocycles. The first-order chi connectivity index (χ1) is 6.62. The number of carbonyl (C=O) groups is 1. The highest BCUT2D eigenvalue weighted by molar-refractivity contribution is 5.69. The fourth-order valence-corrected chi connectivity index (χ4v) is 1.84. The van der Waals surface area contributed by atoms with E-state index in [1.807, 2.05) is 6.92 Å². The summed E-state index contributed by atoms with van der Waals surface area (Å²) >= 11 is 0. The van der Waals surface area contributed by atoms with E-state index in [1.165, 1.54) is 0 Å². The van der Waals surface area contributed by atoms with Crippen LogP contribution in [-0.2, 0) is 9.53 Å². The summed E-state index contributed by atoms with van der Waals surface area (Å²) in [7, 11) is 0. The number of aliphatic hydroxyl groups is 1. The van der Waals surface area contributed by atoms with E-state index >= 15 is 0 Å². The Morgan fingerprint density at radius 1 is 1.50 bits per heavy atom. The Balaban J connectivity index is 2.30. The van der Waals surface area contributed by atoms with Crippen LogP contribution in [0.5, 0.6) is 0 Å². The van der Waals surface area contributed by atoms with Crippen molar-refractivity contribution < 1.29 is 14.6 Å². The van der Waals surface area contributed by atoms with E-state index in [-0.39, 0.29) is 5.97 Å². The van der Waals surface area contributed by atoms with Gasteiger partial charge >= 0.3 is 5.97 Å². The molecule has 0 spiro atoms. The third kappa shape index (κ3) is 2.98. The molecule has 0 radical (unpaired) electrons. The third-order valence-corrected chi connectivity index (χ3v) is 3.02. The summed E-state index contributed by atoms with van der Waals surface area (Å²) in [6.45, 7) is 4.20. The molecule has 1 fully saturated rings. The topological polar surface area (TPSA) is 46.5 Å². The minimum atomic E-state index is -0.618. The zero-order chi connectivity index (χ0) is 10.6. The maximum atomic E-state index is 11.1. The van der Waals surface area contributed by atoms with E-state index < -0.39 is 5.60 Å². The Bertz CT molecular complexity index is 199. The van der Waals surface area contributed by atoms with Crippen LogP contribution in [0.3, 0.4) is 0 Å². The minimum absolute atomic E-state index is 0.194. The Morgan fingerprint density at radius 2 is 2.14 bits per heavy atom. The molecule has 0 aromatic carbocycles. The van der Waals surface area contributed by atoms with Crippen molar-refractivity contribution in [2.24, 2.45) is 5.92 Å². The van der Waals surface area contributed by atoms with Gasteiger partial charge in [-0.2, -0.15) is 0 Å². The van der Waals surface area contributed by atoms with E-state index in [4.69, 9.17) is 4.74 Å². The van der Waals surface area contributed by atoms with Crippen LogP contribution in [0.15, 0.2) is 0 Å². The second-order valence-corrected chi connectivity index (χ2v) is 4.04. The molecule has 1 aliphatic rings. The molecule has 0 aromatic heterocycles. The predicted octanol–water partition coefficient (Wildman–Crippen LogP) is 1.88. The third-order valence-electron chi connectivity index (χ3n) is 3.02. The highest BCUT2D eigenvalue weighted by Crippen LogP contribution is 2.43. The van der Waals surface area contributed by atoms with Gasteiger partial charge < -0.3 is 9.84 Å². The van der Waals surface area contributed by atoms with Gasteiger partial charge in [0.15, 0.2) is 0 Å².